The lowest BCUT2D eigenvalue weighted by atomic mass is 10.3. The van der Waals surface area contributed by atoms with Gasteiger partial charge >= 0.3 is 5.69 Å². The molecule has 0 aromatic carbocycles. The molecule has 8 nitrogen and oxygen atoms in total. The Bertz CT molecular complexity index is 802. The van der Waals surface area contributed by atoms with Gasteiger partial charge in [-0.3, -0.25) is 19.8 Å². The van der Waals surface area contributed by atoms with Crippen molar-refractivity contribution in [2.75, 3.05) is 5.32 Å². The van der Waals surface area contributed by atoms with Crippen molar-refractivity contribution in [1.29, 1.82) is 0 Å². The molecule has 0 radical (unpaired) electrons. The fourth-order valence-electron chi connectivity index (χ4n) is 2.09. The SMILES string of the molecule is O=[N+]([O-])c1cccnc1Nc1ccn(CCc2ccccn2)n1. The van der Waals surface area contributed by atoms with Crippen LogP contribution in [0.25, 0.3) is 0 Å². The number of anilines is 2. The van der Waals surface area contributed by atoms with Gasteiger partial charge in [0.1, 0.15) is 0 Å². The van der Waals surface area contributed by atoms with E-state index in [1.54, 1.807) is 23.1 Å². The summed E-state index contributed by atoms with van der Waals surface area (Å²) in [5.74, 6) is 0.681. The van der Waals surface area contributed by atoms with E-state index < -0.39 is 4.92 Å². The topological polar surface area (TPSA) is 98.8 Å². The fourth-order valence-corrected chi connectivity index (χ4v) is 2.09. The van der Waals surface area contributed by atoms with Gasteiger partial charge in [0.25, 0.3) is 0 Å². The first-order valence-electron chi connectivity index (χ1n) is 7.02. The van der Waals surface area contributed by atoms with Crippen LogP contribution in [0.5, 0.6) is 0 Å². The normalized spacial score (nSPS) is 10.4. The van der Waals surface area contributed by atoms with Crippen molar-refractivity contribution in [1.82, 2.24) is 19.7 Å². The van der Waals surface area contributed by atoms with Crippen LogP contribution in [0, 0.1) is 10.1 Å². The molecule has 0 saturated heterocycles. The third kappa shape index (κ3) is 3.67. The first-order chi connectivity index (χ1) is 11.2. The summed E-state index contributed by atoms with van der Waals surface area (Å²) in [4.78, 5) is 18.7. The second-order valence-electron chi connectivity index (χ2n) is 4.79. The molecule has 0 aliphatic rings. The van der Waals surface area contributed by atoms with Gasteiger partial charge in [0.15, 0.2) is 5.82 Å². The third-order valence-corrected chi connectivity index (χ3v) is 3.19. The lowest BCUT2D eigenvalue weighted by molar-refractivity contribution is -0.384. The summed E-state index contributed by atoms with van der Waals surface area (Å²) in [5, 5.41) is 18.2. The van der Waals surface area contributed by atoms with Gasteiger partial charge in [-0.2, -0.15) is 5.10 Å². The molecule has 8 heteroatoms. The highest BCUT2D eigenvalue weighted by Crippen LogP contribution is 2.23. The summed E-state index contributed by atoms with van der Waals surface area (Å²) in [5.41, 5.74) is 0.897. The molecule has 3 rings (SSSR count). The number of nitrogens with one attached hydrogen (secondary N) is 1. The van der Waals surface area contributed by atoms with Gasteiger partial charge in [0, 0.05) is 49.4 Å². The zero-order chi connectivity index (χ0) is 16.1. The molecular weight excluding hydrogens is 296 g/mol. The van der Waals surface area contributed by atoms with E-state index in [1.807, 2.05) is 18.2 Å². The van der Waals surface area contributed by atoms with E-state index in [4.69, 9.17) is 0 Å². The van der Waals surface area contributed by atoms with E-state index in [0.29, 0.717) is 12.4 Å². The molecule has 3 aromatic heterocycles. The molecule has 0 fully saturated rings. The molecular formula is C15H14N6O2. The summed E-state index contributed by atoms with van der Waals surface area (Å²) in [6.45, 7) is 0.670. The van der Waals surface area contributed by atoms with Crippen LogP contribution >= 0.6 is 0 Å². The number of rotatable bonds is 6. The highest BCUT2D eigenvalue weighted by Gasteiger charge is 2.14. The Balaban J connectivity index is 1.67. The van der Waals surface area contributed by atoms with Gasteiger partial charge in [0.05, 0.1) is 4.92 Å². The van der Waals surface area contributed by atoms with Crippen LogP contribution in [0.15, 0.2) is 55.0 Å². The smallest absolute Gasteiger partial charge is 0.311 e. The van der Waals surface area contributed by atoms with Crippen molar-refractivity contribution in [3.05, 3.63) is 70.8 Å². The molecule has 0 atom stereocenters. The first-order valence-corrected chi connectivity index (χ1v) is 7.02. The van der Waals surface area contributed by atoms with Gasteiger partial charge < -0.3 is 5.32 Å². The van der Waals surface area contributed by atoms with Crippen LogP contribution in [0.3, 0.4) is 0 Å². The second kappa shape index (κ2) is 6.65. The standard InChI is InChI=1S/C15H14N6O2/c22-21(23)13-5-3-9-17-15(13)18-14-7-11-20(19-14)10-6-12-4-1-2-8-16-12/h1-5,7-9,11H,6,10H2,(H,17,18,19). The highest BCUT2D eigenvalue weighted by atomic mass is 16.6. The van der Waals surface area contributed by atoms with E-state index in [1.165, 1.54) is 18.3 Å². The predicted molar refractivity (Wildman–Crippen MR) is 84.3 cm³/mol. The molecule has 0 aliphatic carbocycles. The minimum absolute atomic E-state index is 0.0875. The van der Waals surface area contributed by atoms with Crippen LogP contribution < -0.4 is 5.32 Å². The van der Waals surface area contributed by atoms with Gasteiger partial charge in [-0.25, -0.2) is 4.98 Å². The quantitative estimate of drug-likeness (QED) is 0.555. The maximum absolute atomic E-state index is 11.0. The summed E-state index contributed by atoms with van der Waals surface area (Å²) < 4.78 is 1.76. The van der Waals surface area contributed by atoms with Crippen LogP contribution in [-0.4, -0.2) is 24.7 Å². The first kappa shape index (κ1) is 14.6. The third-order valence-electron chi connectivity index (χ3n) is 3.19. The average molecular weight is 310 g/mol. The Labute approximate surface area is 132 Å². The summed E-state index contributed by atoms with van der Waals surface area (Å²) >= 11 is 0. The van der Waals surface area contributed by atoms with Gasteiger partial charge in [-0.05, 0) is 18.2 Å². The zero-order valence-corrected chi connectivity index (χ0v) is 12.2. The Morgan fingerprint density at radius 3 is 2.78 bits per heavy atom. The molecule has 23 heavy (non-hydrogen) atoms. The highest BCUT2D eigenvalue weighted by molar-refractivity contribution is 5.62. The van der Waals surface area contributed by atoms with E-state index >= 15 is 0 Å². The lowest BCUT2D eigenvalue weighted by Crippen LogP contribution is -2.04. The molecule has 0 saturated carbocycles. The molecule has 3 heterocycles. The van der Waals surface area contributed by atoms with Crippen molar-refractivity contribution in [3.8, 4) is 0 Å². The van der Waals surface area contributed by atoms with Crippen molar-refractivity contribution < 1.29 is 4.92 Å². The molecule has 3 aromatic rings. The van der Waals surface area contributed by atoms with E-state index in [-0.39, 0.29) is 11.5 Å². The number of pyridine rings is 2. The zero-order valence-electron chi connectivity index (χ0n) is 12.2. The van der Waals surface area contributed by atoms with Crippen molar-refractivity contribution in [3.63, 3.8) is 0 Å². The maximum Gasteiger partial charge on any atom is 0.311 e. The Morgan fingerprint density at radius 1 is 1.13 bits per heavy atom. The molecule has 1 N–H and O–H groups in total. The fraction of sp³-hybridized carbons (Fsp3) is 0.133. The van der Waals surface area contributed by atoms with E-state index in [2.05, 4.69) is 20.4 Å². The van der Waals surface area contributed by atoms with Crippen molar-refractivity contribution in [2.45, 2.75) is 13.0 Å². The Hall–Kier alpha value is -3.29. The predicted octanol–water partition coefficient (Wildman–Crippen LogP) is 2.57. The molecule has 116 valence electrons. The monoisotopic (exact) mass is 310 g/mol. The number of hydrogen-bond donors (Lipinski definition) is 1. The van der Waals surface area contributed by atoms with Crippen LogP contribution in [0.1, 0.15) is 5.69 Å². The van der Waals surface area contributed by atoms with Gasteiger partial charge in [-0.1, -0.05) is 6.07 Å². The number of aromatic nitrogens is 4. The van der Waals surface area contributed by atoms with Gasteiger partial charge in [-0.15, -0.1) is 0 Å². The number of nitro groups is 1. The van der Waals surface area contributed by atoms with Crippen LogP contribution in [0.4, 0.5) is 17.3 Å². The number of hydrogen-bond acceptors (Lipinski definition) is 6. The molecule has 0 aliphatic heterocycles. The average Bonchev–Trinajstić information content (AvgIpc) is 3.02. The van der Waals surface area contributed by atoms with Crippen LogP contribution in [0.2, 0.25) is 0 Å². The van der Waals surface area contributed by atoms with Crippen molar-refractivity contribution >= 4 is 17.3 Å². The largest absolute Gasteiger partial charge is 0.318 e. The lowest BCUT2D eigenvalue weighted by Gasteiger charge is -2.03. The minimum atomic E-state index is -0.479. The number of aryl methyl sites for hydroxylation is 2. The van der Waals surface area contributed by atoms with E-state index in [9.17, 15) is 10.1 Å². The molecule has 0 amide bonds. The van der Waals surface area contributed by atoms with Gasteiger partial charge in [0.2, 0.25) is 5.82 Å². The second-order valence-corrected chi connectivity index (χ2v) is 4.79. The summed E-state index contributed by atoms with van der Waals surface area (Å²) in [6.07, 6.45) is 5.81. The summed E-state index contributed by atoms with van der Waals surface area (Å²) in [7, 11) is 0. The molecule has 0 bridgehead atoms. The maximum atomic E-state index is 11.0. The Kier molecular flexibility index (Phi) is 4.23. The Morgan fingerprint density at radius 2 is 2.00 bits per heavy atom. The molecule has 0 unspecified atom stereocenters. The summed E-state index contributed by atoms with van der Waals surface area (Å²) in [6, 6.07) is 10.4. The van der Waals surface area contributed by atoms with Crippen LogP contribution in [-0.2, 0) is 13.0 Å². The van der Waals surface area contributed by atoms with E-state index in [0.717, 1.165) is 12.1 Å². The number of nitrogens with zero attached hydrogens (tertiary/aromatic N) is 5. The minimum Gasteiger partial charge on any atom is -0.318 e. The molecule has 0 spiro atoms. The van der Waals surface area contributed by atoms with Crippen molar-refractivity contribution in [2.24, 2.45) is 0 Å².